The zero-order valence-electron chi connectivity index (χ0n) is 11.7. The number of hydrogen-bond acceptors (Lipinski definition) is 1. The summed E-state index contributed by atoms with van der Waals surface area (Å²) in [5.74, 6) is 0.654. The van der Waals surface area contributed by atoms with Crippen LogP contribution in [0.4, 0.5) is 0 Å². The van der Waals surface area contributed by atoms with Gasteiger partial charge in [-0.2, -0.15) is 0 Å². The van der Waals surface area contributed by atoms with E-state index in [1.54, 1.807) is 0 Å². The summed E-state index contributed by atoms with van der Waals surface area (Å²) >= 11 is 0. The van der Waals surface area contributed by atoms with Crippen LogP contribution in [0.25, 0.3) is 0 Å². The van der Waals surface area contributed by atoms with Crippen molar-refractivity contribution in [2.75, 3.05) is 0 Å². The molecule has 0 amide bonds. The third-order valence-electron chi connectivity index (χ3n) is 2.98. The standard InChI is InChI=1S/C14H18O.C2H6/c1-14(2,3)12-8-6-11(7-9-12)13(15)10-4-5-10;1-2/h6-10H,4-5H2,1-3H3;1-2H3. The van der Waals surface area contributed by atoms with E-state index in [4.69, 9.17) is 0 Å². The molecule has 0 N–H and O–H groups in total. The highest BCUT2D eigenvalue weighted by Crippen LogP contribution is 2.33. The fourth-order valence-corrected chi connectivity index (χ4v) is 1.72. The maximum atomic E-state index is 11.8. The first kappa shape index (κ1) is 14.0. The van der Waals surface area contributed by atoms with Crippen molar-refractivity contribution in [1.29, 1.82) is 0 Å². The van der Waals surface area contributed by atoms with Crippen molar-refractivity contribution < 1.29 is 4.79 Å². The molecule has 1 aromatic rings. The second-order valence-electron chi connectivity index (χ2n) is 5.47. The van der Waals surface area contributed by atoms with Crippen molar-refractivity contribution in [3.8, 4) is 0 Å². The summed E-state index contributed by atoms with van der Waals surface area (Å²) in [4.78, 5) is 11.8. The molecule has 17 heavy (non-hydrogen) atoms. The minimum absolute atomic E-state index is 0.168. The highest BCUT2D eigenvalue weighted by atomic mass is 16.1. The van der Waals surface area contributed by atoms with E-state index in [2.05, 4.69) is 32.9 Å². The Kier molecular flexibility index (Phi) is 4.50. The average Bonchev–Trinajstić information content (AvgIpc) is 3.14. The van der Waals surface area contributed by atoms with E-state index in [1.165, 1.54) is 5.56 Å². The predicted octanol–water partition coefficient (Wildman–Crippen LogP) is 4.60. The Balaban J connectivity index is 0.000000686. The van der Waals surface area contributed by atoms with Gasteiger partial charge in [0.05, 0.1) is 0 Å². The number of hydrogen-bond donors (Lipinski definition) is 0. The number of benzene rings is 1. The van der Waals surface area contributed by atoms with Crippen LogP contribution >= 0.6 is 0 Å². The summed E-state index contributed by atoms with van der Waals surface area (Å²) in [5, 5.41) is 0. The molecule has 1 aliphatic carbocycles. The van der Waals surface area contributed by atoms with Gasteiger partial charge in [0, 0.05) is 11.5 Å². The van der Waals surface area contributed by atoms with E-state index in [1.807, 2.05) is 26.0 Å². The van der Waals surface area contributed by atoms with Crippen LogP contribution in [0.5, 0.6) is 0 Å². The van der Waals surface area contributed by atoms with Crippen molar-refractivity contribution in [1.82, 2.24) is 0 Å². The Morgan fingerprint density at radius 2 is 1.53 bits per heavy atom. The van der Waals surface area contributed by atoms with Crippen molar-refractivity contribution in [3.05, 3.63) is 35.4 Å². The molecule has 1 nitrogen and oxygen atoms in total. The highest BCUT2D eigenvalue weighted by Gasteiger charge is 2.30. The lowest BCUT2D eigenvalue weighted by Gasteiger charge is -2.18. The van der Waals surface area contributed by atoms with Crippen molar-refractivity contribution in [2.24, 2.45) is 5.92 Å². The van der Waals surface area contributed by atoms with E-state index in [-0.39, 0.29) is 5.41 Å². The van der Waals surface area contributed by atoms with Crippen molar-refractivity contribution >= 4 is 5.78 Å². The maximum Gasteiger partial charge on any atom is 0.165 e. The summed E-state index contributed by atoms with van der Waals surface area (Å²) in [7, 11) is 0. The van der Waals surface area contributed by atoms with Gasteiger partial charge in [0.25, 0.3) is 0 Å². The predicted molar refractivity (Wildman–Crippen MR) is 73.5 cm³/mol. The van der Waals surface area contributed by atoms with Crippen LogP contribution in [0.2, 0.25) is 0 Å². The molecule has 0 aliphatic heterocycles. The molecule has 1 aliphatic rings. The Bertz CT molecular complexity index is 364. The zero-order chi connectivity index (χ0) is 13.1. The summed E-state index contributed by atoms with van der Waals surface area (Å²) in [6.07, 6.45) is 2.17. The first-order valence-corrected chi connectivity index (χ1v) is 6.63. The lowest BCUT2D eigenvalue weighted by Crippen LogP contribution is -2.11. The maximum absolute atomic E-state index is 11.8. The zero-order valence-corrected chi connectivity index (χ0v) is 11.7. The van der Waals surface area contributed by atoms with Gasteiger partial charge in [-0.1, -0.05) is 58.9 Å². The molecule has 0 spiro atoms. The van der Waals surface area contributed by atoms with Gasteiger partial charge in [-0.05, 0) is 23.8 Å². The lowest BCUT2D eigenvalue weighted by molar-refractivity contribution is 0.0967. The quantitative estimate of drug-likeness (QED) is 0.681. The molecule has 0 bridgehead atoms. The lowest BCUT2D eigenvalue weighted by atomic mass is 9.86. The largest absolute Gasteiger partial charge is 0.294 e. The molecule has 1 saturated carbocycles. The van der Waals surface area contributed by atoms with Crippen LogP contribution in [-0.4, -0.2) is 5.78 Å². The van der Waals surface area contributed by atoms with Gasteiger partial charge in [-0.15, -0.1) is 0 Å². The number of carbonyl (C=O) groups excluding carboxylic acids is 1. The van der Waals surface area contributed by atoms with Gasteiger partial charge in [-0.25, -0.2) is 0 Å². The van der Waals surface area contributed by atoms with E-state index in [0.717, 1.165) is 18.4 Å². The van der Waals surface area contributed by atoms with Crippen LogP contribution in [0, 0.1) is 5.92 Å². The topological polar surface area (TPSA) is 17.1 Å². The molecule has 1 heteroatoms. The second kappa shape index (κ2) is 5.48. The van der Waals surface area contributed by atoms with E-state index in [9.17, 15) is 4.79 Å². The van der Waals surface area contributed by atoms with Gasteiger partial charge in [0.2, 0.25) is 0 Å². The molecular weight excluding hydrogens is 208 g/mol. The van der Waals surface area contributed by atoms with Crippen molar-refractivity contribution in [2.45, 2.75) is 52.9 Å². The molecule has 0 unspecified atom stereocenters. The Morgan fingerprint density at radius 1 is 1.06 bits per heavy atom. The molecule has 1 aromatic carbocycles. The van der Waals surface area contributed by atoms with Crippen molar-refractivity contribution in [3.63, 3.8) is 0 Å². The summed E-state index contributed by atoms with van der Waals surface area (Å²) in [6, 6.07) is 8.10. The van der Waals surface area contributed by atoms with Crippen LogP contribution in [-0.2, 0) is 5.41 Å². The normalized spacial score (nSPS) is 14.9. The monoisotopic (exact) mass is 232 g/mol. The third kappa shape index (κ3) is 3.69. The number of carbonyl (C=O) groups is 1. The Morgan fingerprint density at radius 3 is 1.88 bits per heavy atom. The minimum Gasteiger partial charge on any atom is -0.294 e. The van der Waals surface area contributed by atoms with Gasteiger partial charge in [0.15, 0.2) is 5.78 Å². The van der Waals surface area contributed by atoms with E-state index >= 15 is 0 Å². The Labute approximate surface area is 105 Å². The first-order valence-electron chi connectivity index (χ1n) is 6.63. The van der Waals surface area contributed by atoms with Crippen LogP contribution in [0.3, 0.4) is 0 Å². The second-order valence-corrected chi connectivity index (χ2v) is 5.47. The molecule has 0 aromatic heterocycles. The molecule has 94 valence electrons. The van der Waals surface area contributed by atoms with Gasteiger partial charge in [-0.3, -0.25) is 4.79 Å². The minimum atomic E-state index is 0.168. The number of Topliss-reactive ketones (excluding diaryl/α,β-unsaturated/α-hetero) is 1. The number of ketones is 1. The number of rotatable bonds is 2. The van der Waals surface area contributed by atoms with Crippen LogP contribution < -0.4 is 0 Å². The Hall–Kier alpha value is -1.11. The molecule has 0 heterocycles. The molecular formula is C16H24O. The van der Waals surface area contributed by atoms with Gasteiger partial charge < -0.3 is 0 Å². The van der Waals surface area contributed by atoms with E-state index in [0.29, 0.717) is 11.7 Å². The van der Waals surface area contributed by atoms with Gasteiger partial charge in [0.1, 0.15) is 0 Å². The fraction of sp³-hybridized carbons (Fsp3) is 0.562. The smallest absolute Gasteiger partial charge is 0.165 e. The summed E-state index contributed by atoms with van der Waals surface area (Å²) in [6.45, 7) is 10.6. The molecule has 0 atom stereocenters. The SMILES string of the molecule is CC.CC(C)(C)c1ccc(C(=O)C2CC2)cc1. The van der Waals surface area contributed by atoms with E-state index < -0.39 is 0 Å². The first-order chi connectivity index (χ1) is 7.98. The van der Waals surface area contributed by atoms with Gasteiger partial charge >= 0.3 is 0 Å². The van der Waals surface area contributed by atoms with Crippen LogP contribution in [0.1, 0.15) is 63.4 Å². The average molecular weight is 232 g/mol. The van der Waals surface area contributed by atoms with Crippen LogP contribution in [0.15, 0.2) is 24.3 Å². The third-order valence-corrected chi connectivity index (χ3v) is 2.98. The molecule has 1 fully saturated rings. The fourth-order valence-electron chi connectivity index (χ4n) is 1.72. The molecule has 2 rings (SSSR count). The summed E-state index contributed by atoms with van der Waals surface area (Å²) in [5.41, 5.74) is 2.33. The highest BCUT2D eigenvalue weighted by molar-refractivity contribution is 5.99. The molecule has 0 saturated heterocycles. The summed E-state index contributed by atoms with van der Waals surface area (Å²) < 4.78 is 0. The molecule has 0 radical (unpaired) electrons.